The first-order valence-corrected chi connectivity index (χ1v) is 5.63. The molecule has 0 spiro atoms. The third-order valence-corrected chi connectivity index (χ3v) is 3.20. The van der Waals surface area contributed by atoms with Crippen LogP contribution in [0.1, 0.15) is 12.8 Å². The topological polar surface area (TPSA) is 67.2 Å². The highest BCUT2D eigenvalue weighted by molar-refractivity contribution is 9.10. The number of nitrogens with one attached hydrogen (secondary N) is 1. The minimum absolute atomic E-state index is 0.230. The lowest BCUT2D eigenvalue weighted by Crippen LogP contribution is -2.28. The minimum atomic E-state index is -0.731. The molecule has 0 bridgehead atoms. The minimum Gasteiger partial charge on any atom is -0.481 e. The van der Waals surface area contributed by atoms with Gasteiger partial charge in [-0.05, 0) is 28.3 Å². The van der Waals surface area contributed by atoms with Gasteiger partial charge in [-0.1, -0.05) is 0 Å². The molecule has 2 N–H and O–H groups in total. The molecule has 2 heterocycles. The van der Waals surface area contributed by atoms with Crippen molar-refractivity contribution in [3.63, 3.8) is 0 Å². The standard InChI is InChI=1S/C9H12BrN3O2/c10-7-4-12-9-11-3-6(5-13(7)9)1-2-8(14)15/h4,6H,1-3,5H2,(H,11,12)(H,14,15). The Morgan fingerprint density at radius 2 is 2.60 bits per heavy atom. The Morgan fingerprint density at radius 1 is 1.80 bits per heavy atom. The Balaban J connectivity index is 1.99. The normalized spacial score (nSPS) is 19.4. The lowest BCUT2D eigenvalue weighted by Gasteiger charge is -2.25. The molecule has 82 valence electrons. The SMILES string of the molecule is O=C(O)CCC1CNc2ncc(Br)n2C1. The zero-order valence-corrected chi connectivity index (χ0v) is 9.70. The van der Waals surface area contributed by atoms with Gasteiger partial charge in [-0.15, -0.1) is 0 Å². The van der Waals surface area contributed by atoms with E-state index in [0.29, 0.717) is 12.3 Å². The summed E-state index contributed by atoms with van der Waals surface area (Å²) in [6.07, 6.45) is 2.68. The van der Waals surface area contributed by atoms with Crippen molar-refractivity contribution in [2.75, 3.05) is 11.9 Å². The van der Waals surface area contributed by atoms with Crippen molar-refractivity contribution >= 4 is 27.8 Å². The fourth-order valence-electron chi connectivity index (χ4n) is 1.75. The number of fused-ring (bicyclic) bond motifs is 1. The van der Waals surface area contributed by atoms with Crippen molar-refractivity contribution in [1.82, 2.24) is 9.55 Å². The van der Waals surface area contributed by atoms with Crippen molar-refractivity contribution in [2.45, 2.75) is 19.4 Å². The Hall–Kier alpha value is -1.04. The Kier molecular flexibility index (Phi) is 2.95. The summed E-state index contributed by atoms with van der Waals surface area (Å²) in [7, 11) is 0. The number of rotatable bonds is 3. The molecule has 1 aliphatic rings. The summed E-state index contributed by atoms with van der Waals surface area (Å²) in [5, 5.41) is 11.8. The summed E-state index contributed by atoms with van der Waals surface area (Å²) in [5.41, 5.74) is 0. The Labute approximate surface area is 95.6 Å². The largest absolute Gasteiger partial charge is 0.481 e. The van der Waals surface area contributed by atoms with Crippen LogP contribution in [-0.4, -0.2) is 27.2 Å². The molecule has 6 heteroatoms. The molecule has 1 aliphatic heterocycles. The molecular weight excluding hydrogens is 262 g/mol. The molecule has 1 atom stereocenters. The van der Waals surface area contributed by atoms with Gasteiger partial charge in [-0.3, -0.25) is 4.79 Å². The molecular formula is C9H12BrN3O2. The third kappa shape index (κ3) is 2.31. The Morgan fingerprint density at radius 3 is 3.33 bits per heavy atom. The summed E-state index contributed by atoms with van der Waals surface area (Å²) in [6, 6.07) is 0. The molecule has 0 saturated heterocycles. The van der Waals surface area contributed by atoms with E-state index in [4.69, 9.17) is 5.11 Å². The van der Waals surface area contributed by atoms with E-state index in [1.54, 1.807) is 6.20 Å². The second kappa shape index (κ2) is 4.22. The zero-order valence-electron chi connectivity index (χ0n) is 8.11. The third-order valence-electron chi connectivity index (χ3n) is 2.56. The number of anilines is 1. The van der Waals surface area contributed by atoms with Gasteiger partial charge in [-0.2, -0.15) is 0 Å². The van der Waals surface area contributed by atoms with Crippen LogP contribution in [0.2, 0.25) is 0 Å². The van der Waals surface area contributed by atoms with Crippen LogP contribution in [0, 0.1) is 5.92 Å². The number of aliphatic carboxylic acids is 1. The van der Waals surface area contributed by atoms with Crippen LogP contribution in [0.15, 0.2) is 10.8 Å². The molecule has 0 aromatic carbocycles. The van der Waals surface area contributed by atoms with Crippen molar-refractivity contribution in [3.8, 4) is 0 Å². The van der Waals surface area contributed by atoms with Crippen molar-refractivity contribution in [1.29, 1.82) is 0 Å². The number of hydrogen-bond donors (Lipinski definition) is 2. The van der Waals surface area contributed by atoms with E-state index in [1.807, 2.05) is 4.57 Å². The lowest BCUT2D eigenvalue weighted by atomic mass is 10.0. The fourth-order valence-corrected chi connectivity index (χ4v) is 2.16. The molecule has 0 aliphatic carbocycles. The molecule has 1 aromatic heterocycles. The van der Waals surface area contributed by atoms with E-state index < -0.39 is 5.97 Å². The van der Waals surface area contributed by atoms with E-state index in [-0.39, 0.29) is 6.42 Å². The first kappa shape index (κ1) is 10.5. The number of hydrogen-bond acceptors (Lipinski definition) is 3. The van der Waals surface area contributed by atoms with Gasteiger partial charge in [0.05, 0.1) is 6.20 Å². The highest BCUT2D eigenvalue weighted by Gasteiger charge is 2.20. The van der Waals surface area contributed by atoms with Crippen LogP contribution in [0.25, 0.3) is 0 Å². The smallest absolute Gasteiger partial charge is 0.303 e. The van der Waals surface area contributed by atoms with Gasteiger partial charge in [0.2, 0.25) is 5.95 Å². The highest BCUT2D eigenvalue weighted by Crippen LogP contribution is 2.24. The molecule has 1 unspecified atom stereocenters. The Bertz CT molecular complexity index is 377. The average molecular weight is 274 g/mol. The maximum Gasteiger partial charge on any atom is 0.303 e. The van der Waals surface area contributed by atoms with Crippen LogP contribution in [-0.2, 0) is 11.3 Å². The van der Waals surface area contributed by atoms with E-state index in [2.05, 4.69) is 26.2 Å². The highest BCUT2D eigenvalue weighted by atomic mass is 79.9. The predicted octanol–water partition coefficient (Wildman–Crippen LogP) is 1.55. The number of carboxylic acid groups (broad SMARTS) is 1. The summed E-state index contributed by atoms with van der Waals surface area (Å²) in [6.45, 7) is 1.63. The van der Waals surface area contributed by atoms with Crippen LogP contribution in [0.3, 0.4) is 0 Å². The fraction of sp³-hybridized carbons (Fsp3) is 0.556. The van der Waals surface area contributed by atoms with Gasteiger partial charge in [0.25, 0.3) is 0 Å². The second-order valence-corrected chi connectivity index (χ2v) is 4.51. The van der Waals surface area contributed by atoms with Gasteiger partial charge in [0.1, 0.15) is 4.60 Å². The van der Waals surface area contributed by atoms with Crippen LogP contribution >= 0.6 is 15.9 Å². The molecule has 15 heavy (non-hydrogen) atoms. The molecule has 1 aromatic rings. The summed E-state index contributed by atoms with van der Waals surface area (Å²) >= 11 is 3.40. The van der Waals surface area contributed by atoms with Crippen LogP contribution < -0.4 is 5.32 Å². The number of carbonyl (C=O) groups is 1. The van der Waals surface area contributed by atoms with Crippen molar-refractivity contribution < 1.29 is 9.90 Å². The number of nitrogens with zero attached hydrogens (tertiary/aromatic N) is 2. The van der Waals surface area contributed by atoms with Gasteiger partial charge < -0.3 is 15.0 Å². The van der Waals surface area contributed by atoms with E-state index in [1.165, 1.54) is 0 Å². The van der Waals surface area contributed by atoms with E-state index >= 15 is 0 Å². The zero-order chi connectivity index (χ0) is 10.8. The monoisotopic (exact) mass is 273 g/mol. The summed E-state index contributed by atoms with van der Waals surface area (Å²) < 4.78 is 2.96. The van der Waals surface area contributed by atoms with Crippen LogP contribution in [0.4, 0.5) is 5.95 Å². The maximum atomic E-state index is 10.5. The molecule has 0 fully saturated rings. The number of carboxylic acids is 1. The van der Waals surface area contributed by atoms with Crippen molar-refractivity contribution in [3.05, 3.63) is 10.8 Å². The summed E-state index contributed by atoms with van der Waals surface area (Å²) in [5.74, 6) is 0.484. The summed E-state index contributed by atoms with van der Waals surface area (Å²) in [4.78, 5) is 14.6. The van der Waals surface area contributed by atoms with E-state index in [9.17, 15) is 4.79 Å². The number of halogens is 1. The predicted molar refractivity (Wildman–Crippen MR) is 58.8 cm³/mol. The molecule has 0 radical (unpaired) electrons. The first-order chi connectivity index (χ1) is 7.16. The van der Waals surface area contributed by atoms with Gasteiger partial charge in [-0.25, -0.2) is 4.98 Å². The van der Waals surface area contributed by atoms with Gasteiger partial charge >= 0.3 is 5.97 Å². The quantitative estimate of drug-likeness (QED) is 0.877. The number of imidazole rings is 1. The second-order valence-electron chi connectivity index (χ2n) is 3.69. The first-order valence-electron chi connectivity index (χ1n) is 4.83. The molecule has 0 saturated carbocycles. The number of aromatic nitrogens is 2. The lowest BCUT2D eigenvalue weighted by molar-refractivity contribution is -0.137. The molecule has 0 amide bonds. The van der Waals surface area contributed by atoms with Crippen LogP contribution in [0.5, 0.6) is 0 Å². The molecule has 2 rings (SSSR count). The molecule has 5 nitrogen and oxygen atoms in total. The average Bonchev–Trinajstić information content (AvgIpc) is 2.57. The maximum absolute atomic E-state index is 10.5. The van der Waals surface area contributed by atoms with Crippen molar-refractivity contribution in [2.24, 2.45) is 5.92 Å². The van der Waals surface area contributed by atoms with E-state index in [0.717, 1.165) is 23.6 Å². The van der Waals surface area contributed by atoms with Gasteiger partial charge in [0.15, 0.2) is 0 Å². The van der Waals surface area contributed by atoms with Gasteiger partial charge in [0, 0.05) is 19.5 Å².